The molecule has 0 atom stereocenters. The summed E-state index contributed by atoms with van der Waals surface area (Å²) in [5.41, 5.74) is 8.30. The van der Waals surface area contributed by atoms with E-state index in [1.807, 2.05) is 24.3 Å². The molecule has 1 aromatic heterocycles. The van der Waals surface area contributed by atoms with Gasteiger partial charge in [-0.1, -0.05) is 87.3 Å². The lowest BCUT2D eigenvalue weighted by Gasteiger charge is -2.27. The van der Waals surface area contributed by atoms with Gasteiger partial charge in [0.25, 0.3) is 10.1 Å². The third kappa shape index (κ3) is 9.20. The summed E-state index contributed by atoms with van der Waals surface area (Å²) in [7, 11) is -6.50. The number of aromatic nitrogens is 1. The number of para-hydroxylation sites is 2. The van der Waals surface area contributed by atoms with Crippen molar-refractivity contribution in [1.82, 2.24) is 4.98 Å². The zero-order valence-corrected chi connectivity index (χ0v) is 36.1. The van der Waals surface area contributed by atoms with E-state index in [1.165, 1.54) is 21.8 Å². The molecule has 1 aliphatic carbocycles. The minimum atomic E-state index is -4.06. The zero-order valence-electron chi connectivity index (χ0n) is 33.7. The molecule has 0 amide bonds. The third-order valence-corrected chi connectivity index (χ3v) is 14.4. The highest BCUT2D eigenvalue weighted by atomic mass is 32.2. The summed E-state index contributed by atoms with van der Waals surface area (Å²) in [5.74, 6) is 0.352. The molecule has 0 bridgehead atoms. The molecule has 58 heavy (non-hydrogen) atoms. The van der Waals surface area contributed by atoms with Crippen LogP contribution < -0.4 is 9.80 Å². The Bertz CT molecular complexity index is 2370. The Labute approximate surface area is 347 Å². The van der Waals surface area contributed by atoms with Gasteiger partial charge in [0, 0.05) is 81.8 Å². The first-order valence-electron chi connectivity index (χ1n) is 19.5. The summed E-state index contributed by atoms with van der Waals surface area (Å²) in [6, 6.07) is 21.4. The Kier molecular flexibility index (Phi) is 13.5. The minimum absolute atomic E-state index is 0.0385. The molecule has 310 valence electrons. The number of hydrogen-bond acceptors (Lipinski definition) is 11. The number of allylic oxidation sites excluding steroid dienone is 8. The van der Waals surface area contributed by atoms with Crippen molar-refractivity contribution in [2.45, 2.75) is 82.1 Å². The molecule has 2 N–H and O–H groups in total. The zero-order chi connectivity index (χ0) is 41.7. The van der Waals surface area contributed by atoms with Crippen LogP contribution in [0.3, 0.4) is 0 Å². The van der Waals surface area contributed by atoms with E-state index in [2.05, 4.69) is 100 Å². The fourth-order valence-electron chi connectivity index (χ4n) is 8.37. The lowest BCUT2D eigenvalue weighted by molar-refractivity contribution is -0.432. The lowest BCUT2D eigenvalue weighted by Crippen LogP contribution is -2.28. The number of sulfonamides is 1. The largest absolute Gasteiger partial charge is 0.412 e. The SMILES string of the molecule is C[N+](=C1C(=CC=C2N(CCCCSOOO)c3ccccc3C2(C)C)CCC1=CC=C1N(CCCCS(=O)(=O)O)c2ccccc2C1(C)C)S(=O)(=O)c1ccccn1. The number of pyridine rings is 1. The summed E-state index contributed by atoms with van der Waals surface area (Å²) >= 11 is 1.05. The van der Waals surface area contributed by atoms with Crippen LogP contribution in [0.1, 0.15) is 77.3 Å². The van der Waals surface area contributed by atoms with E-state index in [-0.39, 0.29) is 16.2 Å². The van der Waals surface area contributed by atoms with Crippen LogP contribution in [0.15, 0.2) is 125 Å². The molecule has 0 unspecified atom stereocenters. The molecular formula is C43H53N4O8S3+. The maximum Gasteiger partial charge on any atom is 0.412 e. The van der Waals surface area contributed by atoms with Crippen LogP contribution in [-0.2, 0) is 40.3 Å². The predicted molar refractivity (Wildman–Crippen MR) is 230 cm³/mol. The molecule has 2 aromatic carbocycles. The Morgan fingerprint density at radius 3 is 1.78 bits per heavy atom. The van der Waals surface area contributed by atoms with Gasteiger partial charge in [0.2, 0.25) is 10.7 Å². The summed E-state index contributed by atoms with van der Waals surface area (Å²) in [5, 5.41) is 12.2. The summed E-state index contributed by atoms with van der Waals surface area (Å²) in [6.45, 7) is 10.0. The Hall–Kier alpha value is -4.09. The molecule has 0 radical (unpaired) electrons. The van der Waals surface area contributed by atoms with E-state index in [4.69, 9.17) is 5.26 Å². The first-order valence-corrected chi connectivity index (χ1v) is 23.4. The average Bonchev–Trinajstić information content (AvgIpc) is 3.77. The molecule has 12 nitrogen and oxygen atoms in total. The fraction of sp³-hybridized carbons (Fsp3) is 0.395. The van der Waals surface area contributed by atoms with Crippen LogP contribution in [-0.4, -0.2) is 73.0 Å². The average molecular weight is 850 g/mol. The quantitative estimate of drug-likeness (QED) is 0.0356. The molecule has 15 heteroatoms. The van der Waals surface area contributed by atoms with Gasteiger partial charge in [-0.15, -0.1) is 8.31 Å². The molecule has 3 aromatic rings. The molecule has 1 saturated carbocycles. The molecule has 0 saturated heterocycles. The number of nitrogens with zero attached hydrogens (tertiary/aromatic N) is 4. The third-order valence-electron chi connectivity index (χ3n) is 11.3. The van der Waals surface area contributed by atoms with Crippen molar-refractivity contribution in [2.75, 3.05) is 41.4 Å². The molecule has 1 fully saturated rings. The first-order chi connectivity index (χ1) is 27.6. The standard InChI is InChI=1S/C43H52N4O8S3/c1-42(2)34-16-6-8-18-36(34)46(28-12-14-30-56-55-54-48)38(42)25-23-32-21-22-33(41(32)45(5)58(52,53)40-20-10-11-27-44-40)24-26-39-43(3,4)35-17-7-9-19-37(35)47(39)29-13-15-31-57(49,50)51/h6-11,16-20,23-27H,12-15,21-22,28-31H2,1-5H3,(H-,48,49,50,51)/p+1. The maximum absolute atomic E-state index is 14.2. The predicted octanol–water partition coefficient (Wildman–Crippen LogP) is 8.38. The lowest BCUT2D eigenvalue weighted by atomic mass is 9.83. The molecule has 6 rings (SSSR count). The molecular weight excluding hydrogens is 797 g/mol. The second-order valence-corrected chi connectivity index (χ2v) is 20.0. The number of unbranched alkanes of at least 4 members (excludes halogenated alkanes) is 2. The van der Waals surface area contributed by atoms with E-state index in [0.717, 1.165) is 70.9 Å². The number of fused-ring (bicyclic) bond motifs is 2. The summed E-state index contributed by atoms with van der Waals surface area (Å²) < 4.78 is 66.6. The number of benzene rings is 2. The van der Waals surface area contributed by atoms with E-state index in [0.29, 0.717) is 43.7 Å². The highest BCUT2D eigenvalue weighted by Gasteiger charge is 2.42. The Morgan fingerprint density at radius 2 is 1.28 bits per heavy atom. The molecule has 3 heterocycles. The Balaban J connectivity index is 1.42. The van der Waals surface area contributed by atoms with E-state index >= 15 is 0 Å². The van der Waals surface area contributed by atoms with Gasteiger partial charge in [0.05, 0.1) is 5.75 Å². The monoisotopic (exact) mass is 849 g/mol. The van der Waals surface area contributed by atoms with Crippen molar-refractivity contribution in [3.8, 4) is 0 Å². The van der Waals surface area contributed by atoms with Gasteiger partial charge in [-0.3, -0.25) is 4.55 Å². The van der Waals surface area contributed by atoms with Gasteiger partial charge in [0.15, 0.2) is 7.05 Å². The van der Waals surface area contributed by atoms with Gasteiger partial charge >= 0.3 is 10.0 Å². The smallest absolute Gasteiger partial charge is 0.344 e. The normalized spacial score (nSPS) is 21.1. The van der Waals surface area contributed by atoms with Crippen molar-refractivity contribution in [2.24, 2.45) is 0 Å². The van der Waals surface area contributed by atoms with E-state index in [1.54, 1.807) is 19.2 Å². The highest BCUT2D eigenvalue weighted by molar-refractivity contribution is 7.94. The van der Waals surface area contributed by atoms with Gasteiger partial charge < -0.3 is 9.80 Å². The second-order valence-electron chi connectivity index (χ2n) is 15.7. The van der Waals surface area contributed by atoms with Gasteiger partial charge in [-0.25, -0.2) is 10.2 Å². The van der Waals surface area contributed by atoms with Gasteiger partial charge in [-0.05, 0) is 86.1 Å². The number of hydrogen-bond donors (Lipinski definition) is 2. The van der Waals surface area contributed by atoms with Crippen LogP contribution in [0, 0.1) is 0 Å². The van der Waals surface area contributed by atoms with E-state index < -0.39 is 25.6 Å². The van der Waals surface area contributed by atoms with Crippen LogP contribution in [0.25, 0.3) is 0 Å². The number of rotatable bonds is 16. The second kappa shape index (κ2) is 18.0. The van der Waals surface area contributed by atoms with Gasteiger partial charge in [0.1, 0.15) is 0 Å². The summed E-state index contributed by atoms with van der Waals surface area (Å²) in [6.07, 6.45) is 13.6. The minimum Gasteiger partial charge on any atom is -0.344 e. The van der Waals surface area contributed by atoms with Crippen LogP contribution in [0.5, 0.6) is 0 Å². The van der Waals surface area contributed by atoms with Crippen LogP contribution >= 0.6 is 12.0 Å². The van der Waals surface area contributed by atoms with Crippen molar-refractivity contribution in [3.05, 3.63) is 131 Å². The van der Waals surface area contributed by atoms with Crippen molar-refractivity contribution >= 4 is 49.3 Å². The number of anilines is 2. The fourth-order valence-corrected chi connectivity index (χ4v) is 10.6. The van der Waals surface area contributed by atoms with Crippen molar-refractivity contribution in [3.63, 3.8) is 0 Å². The van der Waals surface area contributed by atoms with E-state index in [9.17, 15) is 21.4 Å². The van der Waals surface area contributed by atoms with Crippen LogP contribution in [0.2, 0.25) is 0 Å². The Morgan fingerprint density at radius 1 is 0.759 bits per heavy atom. The molecule has 2 aliphatic heterocycles. The summed E-state index contributed by atoms with van der Waals surface area (Å²) in [4.78, 5) is 8.77. The van der Waals surface area contributed by atoms with Crippen molar-refractivity contribution < 1.29 is 40.0 Å². The maximum atomic E-state index is 14.2. The van der Waals surface area contributed by atoms with Crippen molar-refractivity contribution in [1.29, 1.82) is 0 Å². The van der Waals surface area contributed by atoms with Gasteiger partial charge in [-0.2, -0.15) is 16.8 Å². The van der Waals surface area contributed by atoms with Crippen LogP contribution in [0.4, 0.5) is 11.4 Å². The molecule has 0 spiro atoms. The first kappa shape index (κ1) is 43.5. The molecule has 3 aliphatic rings. The highest BCUT2D eigenvalue weighted by Crippen LogP contribution is 2.49. The topological polar surface area (TPSA) is 150 Å².